The van der Waals surface area contributed by atoms with E-state index >= 15 is 0 Å². The normalized spacial score (nSPS) is 47.0. The molecule has 0 aromatic heterocycles. The van der Waals surface area contributed by atoms with Crippen LogP contribution in [0.4, 0.5) is 0 Å². The molecule has 0 heterocycles. The summed E-state index contributed by atoms with van der Waals surface area (Å²) in [6.45, 7) is 7.15. The third kappa shape index (κ3) is 1.01. The first-order chi connectivity index (χ1) is 4.48. The van der Waals surface area contributed by atoms with E-state index in [-0.39, 0.29) is 13.6 Å². The lowest BCUT2D eigenvalue weighted by atomic mass is 9.91. The van der Waals surface area contributed by atoms with Gasteiger partial charge in [0.25, 0.3) is 0 Å². The van der Waals surface area contributed by atoms with Gasteiger partial charge in [0, 0.05) is 6.04 Å². The Morgan fingerprint density at radius 1 is 1.25 bits per heavy atom. The highest BCUT2D eigenvalue weighted by atomic mass is 14.8. The number of hydrogen-bond donors (Lipinski definition) is 2. The smallest absolute Gasteiger partial charge is 0.00473 e. The van der Waals surface area contributed by atoms with E-state index < -0.39 is 0 Å². The summed E-state index contributed by atoms with van der Waals surface area (Å²) in [6.07, 6.45) is 2.52. The highest BCUT2D eigenvalue weighted by Gasteiger charge is 2.70. The zero-order valence-corrected chi connectivity index (χ0v) is 7.85. The number of hydrogen-bond acceptors (Lipinski definition) is 2. The first-order valence-electron chi connectivity index (χ1n) is 4.24. The van der Waals surface area contributed by atoms with Crippen molar-refractivity contribution in [1.29, 1.82) is 0 Å². The fourth-order valence-corrected chi connectivity index (χ4v) is 3.09. The first kappa shape index (κ1) is 11.9. The van der Waals surface area contributed by atoms with Crippen LogP contribution in [-0.2, 0) is 0 Å². The number of nitrogens with two attached hydrogens (primary N) is 1. The lowest BCUT2D eigenvalue weighted by Crippen LogP contribution is -2.22. The van der Waals surface area contributed by atoms with Crippen LogP contribution in [0.25, 0.3) is 0 Å². The minimum Gasteiger partial charge on any atom is -0.344 e. The van der Waals surface area contributed by atoms with Crippen LogP contribution >= 0.6 is 0 Å². The summed E-state index contributed by atoms with van der Waals surface area (Å²) in [6, 6.07) is 0.503. The van der Waals surface area contributed by atoms with Crippen LogP contribution < -0.4 is 11.9 Å². The Balaban J connectivity index is 0.000000605. The lowest BCUT2D eigenvalue weighted by molar-refractivity contribution is 0.360. The topological polar surface area (TPSA) is 61.0 Å². The van der Waals surface area contributed by atoms with Crippen LogP contribution in [0.15, 0.2) is 0 Å². The summed E-state index contributed by atoms with van der Waals surface area (Å²) in [5.41, 5.74) is 7.07. The van der Waals surface area contributed by atoms with Crippen molar-refractivity contribution in [3.63, 3.8) is 0 Å². The lowest BCUT2D eigenvalue weighted by Gasteiger charge is -2.17. The maximum atomic E-state index is 5.86. The van der Waals surface area contributed by atoms with Crippen LogP contribution in [0, 0.1) is 16.7 Å². The molecule has 2 aliphatic carbocycles. The van der Waals surface area contributed by atoms with Gasteiger partial charge < -0.3 is 11.9 Å². The van der Waals surface area contributed by atoms with E-state index in [1.165, 1.54) is 12.8 Å². The quantitative estimate of drug-likeness (QED) is 0.590. The molecule has 3 atom stereocenters. The summed E-state index contributed by atoms with van der Waals surface area (Å²) in [4.78, 5) is 0. The van der Waals surface area contributed by atoms with Gasteiger partial charge in [0.05, 0.1) is 0 Å². The molecule has 0 saturated heterocycles. The summed E-state index contributed by atoms with van der Waals surface area (Å²) in [5, 5.41) is 0. The van der Waals surface area contributed by atoms with Gasteiger partial charge in [-0.2, -0.15) is 0 Å². The Kier molecular flexibility index (Phi) is 2.69. The average Bonchev–Trinajstić information content (AvgIpc) is 2.21. The largest absolute Gasteiger partial charge is 0.344 e. The Labute approximate surface area is 76.5 Å². The van der Waals surface area contributed by atoms with Crippen LogP contribution in [0.3, 0.4) is 0 Å². The molecule has 0 aromatic rings. The second-order valence-corrected chi connectivity index (χ2v) is 4.89. The Morgan fingerprint density at radius 2 is 1.75 bits per heavy atom. The van der Waals surface area contributed by atoms with Gasteiger partial charge in [-0.25, -0.2) is 0 Å². The van der Waals surface area contributed by atoms with Crippen LogP contribution in [0.5, 0.6) is 0 Å². The van der Waals surface area contributed by atoms with Gasteiger partial charge in [-0.05, 0) is 29.6 Å². The molecule has 3 unspecified atom stereocenters. The Hall–Kier alpha value is -0.0800. The zero-order chi connectivity index (χ0) is 7.57. The molecule has 0 aromatic carbocycles. The highest BCUT2D eigenvalue weighted by molar-refractivity contribution is 5.20. The monoisotopic (exact) mass is 172 g/mol. The van der Waals surface area contributed by atoms with E-state index in [0.717, 1.165) is 5.92 Å². The standard InChI is InChI=1S/C9H17N.CH4.H3N/c1-8(2)7-4-6(10)5-9(7,8)3;;/h6-7H,4-5,10H2,1-3H3;1H4;1H3. The zero-order valence-electron chi connectivity index (χ0n) is 7.85. The molecule has 2 saturated carbocycles. The summed E-state index contributed by atoms with van der Waals surface area (Å²) in [7, 11) is 0. The van der Waals surface area contributed by atoms with E-state index in [4.69, 9.17) is 5.73 Å². The minimum atomic E-state index is 0. The van der Waals surface area contributed by atoms with Crippen molar-refractivity contribution in [2.75, 3.05) is 0 Å². The molecule has 2 heteroatoms. The molecule has 2 aliphatic rings. The Bertz CT molecular complexity index is 177. The van der Waals surface area contributed by atoms with Crippen LogP contribution in [-0.4, -0.2) is 6.04 Å². The molecule has 2 nitrogen and oxygen atoms in total. The second kappa shape index (κ2) is 2.71. The first-order valence-corrected chi connectivity index (χ1v) is 4.24. The Morgan fingerprint density at radius 3 is 2.00 bits per heavy atom. The molecule has 74 valence electrons. The minimum absolute atomic E-state index is 0. The summed E-state index contributed by atoms with van der Waals surface area (Å²) >= 11 is 0. The van der Waals surface area contributed by atoms with Crippen molar-refractivity contribution in [2.45, 2.75) is 47.1 Å². The van der Waals surface area contributed by atoms with Gasteiger partial charge in [0.15, 0.2) is 0 Å². The van der Waals surface area contributed by atoms with Crippen molar-refractivity contribution >= 4 is 0 Å². The fraction of sp³-hybridized carbons (Fsp3) is 1.00. The predicted octanol–water partition coefficient (Wildman–Crippen LogP) is 2.57. The molecule has 12 heavy (non-hydrogen) atoms. The molecule has 0 amide bonds. The number of rotatable bonds is 0. The predicted molar refractivity (Wildman–Crippen MR) is 54.3 cm³/mol. The van der Waals surface area contributed by atoms with Crippen molar-refractivity contribution in [2.24, 2.45) is 22.5 Å². The van der Waals surface area contributed by atoms with E-state index in [0.29, 0.717) is 16.9 Å². The number of fused-ring (bicyclic) bond motifs is 1. The van der Waals surface area contributed by atoms with E-state index in [2.05, 4.69) is 20.8 Å². The van der Waals surface area contributed by atoms with E-state index in [1.54, 1.807) is 0 Å². The highest BCUT2D eigenvalue weighted by Crippen LogP contribution is 2.75. The van der Waals surface area contributed by atoms with Gasteiger partial charge in [0.1, 0.15) is 0 Å². The van der Waals surface area contributed by atoms with Crippen molar-refractivity contribution < 1.29 is 0 Å². The molecule has 0 radical (unpaired) electrons. The maximum absolute atomic E-state index is 5.86. The van der Waals surface area contributed by atoms with Gasteiger partial charge >= 0.3 is 0 Å². The third-order valence-electron chi connectivity index (χ3n) is 4.25. The molecule has 0 spiro atoms. The molecule has 5 N–H and O–H groups in total. The van der Waals surface area contributed by atoms with E-state index in [1.807, 2.05) is 0 Å². The molecule has 2 fully saturated rings. The third-order valence-corrected chi connectivity index (χ3v) is 4.25. The van der Waals surface area contributed by atoms with Gasteiger partial charge in [-0.1, -0.05) is 28.2 Å². The second-order valence-electron chi connectivity index (χ2n) is 4.89. The van der Waals surface area contributed by atoms with Gasteiger partial charge in [-0.15, -0.1) is 0 Å². The summed E-state index contributed by atoms with van der Waals surface area (Å²) < 4.78 is 0. The van der Waals surface area contributed by atoms with E-state index in [9.17, 15) is 0 Å². The van der Waals surface area contributed by atoms with Gasteiger partial charge in [0.2, 0.25) is 0 Å². The van der Waals surface area contributed by atoms with Crippen LogP contribution in [0.2, 0.25) is 0 Å². The van der Waals surface area contributed by atoms with Crippen molar-refractivity contribution in [3.05, 3.63) is 0 Å². The van der Waals surface area contributed by atoms with Crippen molar-refractivity contribution in [1.82, 2.24) is 6.15 Å². The molecular formula is C10H24N2. The molecule has 0 bridgehead atoms. The maximum Gasteiger partial charge on any atom is 0.00473 e. The van der Waals surface area contributed by atoms with Crippen LogP contribution in [0.1, 0.15) is 41.0 Å². The summed E-state index contributed by atoms with van der Waals surface area (Å²) in [5.74, 6) is 0.926. The average molecular weight is 172 g/mol. The SMILES string of the molecule is C.CC1(C)C2CC(N)CC21C.N. The van der Waals surface area contributed by atoms with Crippen molar-refractivity contribution in [3.8, 4) is 0 Å². The molecular weight excluding hydrogens is 148 g/mol. The van der Waals surface area contributed by atoms with Gasteiger partial charge in [-0.3, -0.25) is 0 Å². The fourth-order valence-electron chi connectivity index (χ4n) is 3.09. The molecule has 0 aliphatic heterocycles. The molecule has 2 rings (SSSR count).